The molecule has 0 unspecified atom stereocenters. The maximum Gasteiger partial charge on any atom is 0.471 e. The van der Waals surface area contributed by atoms with E-state index in [0.717, 1.165) is 19.3 Å². The SMILES string of the molecule is CCN(Cc1cccc(NC(=O)C2(N)CCCCC2)c1)C(=O)C(F)(F)F. The minimum absolute atomic E-state index is 0.0686. The standard InChI is InChI=1S/C18H24F3N3O2/c1-2-24(16(26)18(19,20)21)12-13-7-6-8-14(11-13)23-15(25)17(22)9-4-3-5-10-17/h6-8,11H,2-5,9-10,12,22H2,1H3,(H,23,25). The molecule has 8 heteroatoms. The third-order valence-corrected chi connectivity index (χ3v) is 4.67. The first-order valence-electron chi connectivity index (χ1n) is 8.71. The molecule has 1 aromatic rings. The molecular weight excluding hydrogens is 347 g/mol. The highest BCUT2D eigenvalue weighted by atomic mass is 19.4. The molecule has 0 saturated heterocycles. The zero-order valence-corrected chi connectivity index (χ0v) is 14.7. The zero-order chi connectivity index (χ0) is 19.4. The van der Waals surface area contributed by atoms with Crippen LogP contribution in [0.2, 0.25) is 0 Å². The predicted molar refractivity (Wildman–Crippen MR) is 92.2 cm³/mol. The van der Waals surface area contributed by atoms with E-state index in [0.29, 0.717) is 29.0 Å². The Morgan fingerprint density at radius 1 is 1.23 bits per heavy atom. The van der Waals surface area contributed by atoms with Gasteiger partial charge in [-0.05, 0) is 37.5 Å². The summed E-state index contributed by atoms with van der Waals surface area (Å²) in [6.07, 6.45) is -0.828. The smallest absolute Gasteiger partial charge is 0.331 e. The van der Waals surface area contributed by atoms with Crippen molar-refractivity contribution in [2.45, 2.75) is 57.3 Å². The topological polar surface area (TPSA) is 75.4 Å². The van der Waals surface area contributed by atoms with Gasteiger partial charge in [-0.15, -0.1) is 0 Å². The van der Waals surface area contributed by atoms with Gasteiger partial charge >= 0.3 is 12.1 Å². The third-order valence-electron chi connectivity index (χ3n) is 4.67. The second kappa shape index (κ2) is 8.07. The summed E-state index contributed by atoms with van der Waals surface area (Å²) in [6, 6.07) is 6.45. The number of nitrogens with one attached hydrogen (secondary N) is 1. The number of benzene rings is 1. The largest absolute Gasteiger partial charge is 0.471 e. The maximum absolute atomic E-state index is 12.6. The van der Waals surface area contributed by atoms with Crippen molar-refractivity contribution in [2.75, 3.05) is 11.9 Å². The quantitative estimate of drug-likeness (QED) is 0.835. The van der Waals surface area contributed by atoms with Gasteiger partial charge in [0.25, 0.3) is 0 Å². The van der Waals surface area contributed by atoms with Crippen LogP contribution in [0.1, 0.15) is 44.6 Å². The van der Waals surface area contributed by atoms with Crippen LogP contribution in [-0.4, -0.2) is 35.0 Å². The van der Waals surface area contributed by atoms with E-state index in [1.807, 2.05) is 0 Å². The Balaban J connectivity index is 2.07. The van der Waals surface area contributed by atoms with Crippen LogP contribution in [0.5, 0.6) is 0 Å². The van der Waals surface area contributed by atoms with E-state index >= 15 is 0 Å². The van der Waals surface area contributed by atoms with E-state index in [-0.39, 0.29) is 19.0 Å². The lowest BCUT2D eigenvalue weighted by molar-refractivity contribution is -0.185. The number of carbonyl (C=O) groups excluding carboxylic acids is 2. The Labute approximate surface area is 150 Å². The number of hydrogen-bond donors (Lipinski definition) is 2. The van der Waals surface area contributed by atoms with E-state index < -0.39 is 17.6 Å². The van der Waals surface area contributed by atoms with Gasteiger partial charge in [0, 0.05) is 18.8 Å². The number of carbonyl (C=O) groups is 2. The number of rotatable bonds is 5. The number of amides is 2. The number of nitrogens with two attached hydrogens (primary N) is 1. The minimum atomic E-state index is -4.91. The fourth-order valence-electron chi connectivity index (χ4n) is 3.14. The summed E-state index contributed by atoms with van der Waals surface area (Å²) in [5.74, 6) is -2.16. The lowest BCUT2D eigenvalue weighted by atomic mass is 9.82. The summed E-state index contributed by atoms with van der Waals surface area (Å²) in [4.78, 5) is 24.6. The summed E-state index contributed by atoms with van der Waals surface area (Å²) in [7, 11) is 0. The molecule has 0 aromatic heterocycles. The van der Waals surface area contributed by atoms with E-state index in [2.05, 4.69) is 5.32 Å². The summed E-state index contributed by atoms with van der Waals surface area (Å²) in [6.45, 7) is 1.23. The van der Waals surface area contributed by atoms with Gasteiger partial charge in [-0.25, -0.2) is 0 Å². The monoisotopic (exact) mass is 371 g/mol. The van der Waals surface area contributed by atoms with Gasteiger partial charge in [0.1, 0.15) is 0 Å². The Bertz CT molecular complexity index is 655. The highest BCUT2D eigenvalue weighted by molar-refractivity contribution is 5.98. The van der Waals surface area contributed by atoms with E-state index in [1.54, 1.807) is 24.3 Å². The molecule has 26 heavy (non-hydrogen) atoms. The van der Waals surface area contributed by atoms with Gasteiger partial charge in [-0.3, -0.25) is 9.59 Å². The number of hydrogen-bond acceptors (Lipinski definition) is 3. The van der Waals surface area contributed by atoms with Gasteiger partial charge in [-0.2, -0.15) is 13.2 Å². The Morgan fingerprint density at radius 2 is 1.88 bits per heavy atom. The highest BCUT2D eigenvalue weighted by Gasteiger charge is 2.42. The zero-order valence-electron chi connectivity index (χ0n) is 14.7. The van der Waals surface area contributed by atoms with Crippen LogP contribution in [0.15, 0.2) is 24.3 Å². The average Bonchev–Trinajstić information content (AvgIpc) is 2.59. The van der Waals surface area contributed by atoms with Crippen molar-refractivity contribution in [1.29, 1.82) is 0 Å². The van der Waals surface area contributed by atoms with Crippen LogP contribution in [0.4, 0.5) is 18.9 Å². The molecule has 2 amide bonds. The molecule has 3 N–H and O–H groups in total. The summed E-state index contributed by atoms with van der Waals surface area (Å²) < 4.78 is 37.9. The van der Waals surface area contributed by atoms with Crippen molar-refractivity contribution in [1.82, 2.24) is 4.90 Å². The number of anilines is 1. The van der Waals surface area contributed by atoms with Gasteiger partial charge in [0.15, 0.2) is 0 Å². The van der Waals surface area contributed by atoms with Crippen LogP contribution in [0, 0.1) is 0 Å². The molecule has 0 atom stereocenters. The van der Waals surface area contributed by atoms with Crippen molar-refractivity contribution < 1.29 is 22.8 Å². The van der Waals surface area contributed by atoms with Gasteiger partial charge < -0.3 is 16.0 Å². The number of alkyl halides is 3. The molecule has 0 aliphatic heterocycles. The summed E-state index contributed by atoms with van der Waals surface area (Å²) in [5.41, 5.74) is 6.24. The lowest BCUT2D eigenvalue weighted by Crippen LogP contribution is -2.52. The average molecular weight is 371 g/mol. The van der Waals surface area contributed by atoms with Crippen molar-refractivity contribution in [2.24, 2.45) is 5.73 Å². The number of nitrogens with zero attached hydrogens (tertiary/aromatic N) is 1. The van der Waals surface area contributed by atoms with Gasteiger partial charge in [0.2, 0.25) is 5.91 Å². The van der Waals surface area contributed by atoms with E-state index in [9.17, 15) is 22.8 Å². The molecule has 144 valence electrons. The molecule has 2 rings (SSSR count). The normalized spacial score (nSPS) is 16.8. The molecule has 1 aliphatic rings. The van der Waals surface area contributed by atoms with E-state index in [4.69, 9.17) is 5.73 Å². The third kappa shape index (κ3) is 4.97. The second-order valence-corrected chi connectivity index (χ2v) is 6.69. The Hall–Kier alpha value is -2.09. The number of halogens is 3. The Kier molecular flexibility index (Phi) is 6.28. The van der Waals surface area contributed by atoms with Gasteiger partial charge in [0.05, 0.1) is 5.54 Å². The van der Waals surface area contributed by atoms with Crippen molar-refractivity contribution in [3.63, 3.8) is 0 Å². The first-order chi connectivity index (χ1) is 12.2. The van der Waals surface area contributed by atoms with Crippen LogP contribution >= 0.6 is 0 Å². The maximum atomic E-state index is 12.6. The molecule has 1 fully saturated rings. The highest BCUT2D eigenvalue weighted by Crippen LogP contribution is 2.27. The Morgan fingerprint density at radius 3 is 2.46 bits per heavy atom. The minimum Gasteiger partial charge on any atom is -0.331 e. The fourth-order valence-corrected chi connectivity index (χ4v) is 3.14. The molecule has 0 spiro atoms. The summed E-state index contributed by atoms with van der Waals surface area (Å²) in [5, 5.41) is 2.75. The van der Waals surface area contributed by atoms with E-state index in [1.165, 1.54) is 6.92 Å². The molecule has 0 heterocycles. The first kappa shape index (κ1) is 20.2. The van der Waals surface area contributed by atoms with Crippen LogP contribution < -0.4 is 11.1 Å². The molecular formula is C18H24F3N3O2. The molecule has 1 aliphatic carbocycles. The summed E-state index contributed by atoms with van der Waals surface area (Å²) >= 11 is 0. The molecule has 0 bridgehead atoms. The lowest BCUT2D eigenvalue weighted by Gasteiger charge is -2.31. The van der Waals surface area contributed by atoms with Crippen LogP contribution in [0.3, 0.4) is 0 Å². The predicted octanol–water partition coefficient (Wildman–Crippen LogP) is 3.20. The fraction of sp³-hybridized carbons (Fsp3) is 0.556. The van der Waals surface area contributed by atoms with Crippen molar-refractivity contribution in [3.05, 3.63) is 29.8 Å². The molecule has 1 saturated carbocycles. The molecule has 0 radical (unpaired) electrons. The van der Waals surface area contributed by atoms with Crippen LogP contribution in [-0.2, 0) is 16.1 Å². The first-order valence-corrected chi connectivity index (χ1v) is 8.71. The molecule has 1 aromatic carbocycles. The van der Waals surface area contributed by atoms with Crippen LogP contribution in [0.25, 0.3) is 0 Å². The second-order valence-electron chi connectivity index (χ2n) is 6.69. The van der Waals surface area contributed by atoms with Crippen molar-refractivity contribution >= 4 is 17.5 Å². The molecule has 5 nitrogen and oxygen atoms in total. The van der Waals surface area contributed by atoms with Gasteiger partial charge in [-0.1, -0.05) is 31.4 Å². The van der Waals surface area contributed by atoms with Crippen molar-refractivity contribution in [3.8, 4) is 0 Å².